The molecule has 0 radical (unpaired) electrons. The van der Waals surface area contributed by atoms with Gasteiger partial charge in [-0.1, -0.05) is 25.8 Å². The van der Waals surface area contributed by atoms with Crippen molar-refractivity contribution in [1.82, 2.24) is 0 Å². The van der Waals surface area contributed by atoms with Crippen LogP contribution in [0.5, 0.6) is 0 Å². The first-order valence-corrected chi connectivity index (χ1v) is 6.68. The largest absolute Gasteiger partial charge is 0.397 e. The summed E-state index contributed by atoms with van der Waals surface area (Å²) in [5.41, 5.74) is 9.48. The molecule has 2 atom stereocenters. The summed E-state index contributed by atoms with van der Waals surface area (Å²) in [7, 11) is 2.19. The Kier molecular flexibility index (Phi) is 3.60. The first-order valence-electron chi connectivity index (χ1n) is 6.68. The van der Waals surface area contributed by atoms with Gasteiger partial charge >= 0.3 is 0 Å². The van der Waals surface area contributed by atoms with E-state index in [-0.39, 0.29) is 0 Å². The van der Waals surface area contributed by atoms with Gasteiger partial charge in [0.25, 0.3) is 0 Å². The van der Waals surface area contributed by atoms with E-state index in [4.69, 9.17) is 5.73 Å². The summed E-state index contributed by atoms with van der Waals surface area (Å²) in [6.45, 7) is 4.49. The quantitative estimate of drug-likeness (QED) is 0.790. The highest BCUT2D eigenvalue weighted by Gasteiger charge is 2.25. The van der Waals surface area contributed by atoms with Crippen LogP contribution in [-0.2, 0) is 0 Å². The Morgan fingerprint density at radius 2 is 1.94 bits per heavy atom. The number of nitrogen functional groups attached to an aromatic ring is 1. The predicted octanol–water partition coefficient (Wildman–Crippen LogP) is 3.59. The van der Waals surface area contributed by atoms with E-state index in [1.54, 1.807) is 0 Å². The molecule has 0 amide bonds. The van der Waals surface area contributed by atoms with Gasteiger partial charge < -0.3 is 10.6 Å². The predicted molar refractivity (Wildman–Crippen MR) is 75.4 cm³/mol. The maximum atomic E-state index is 6.10. The zero-order valence-corrected chi connectivity index (χ0v) is 11.2. The van der Waals surface area contributed by atoms with Crippen molar-refractivity contribution in [3.8, 4) is 0 Å². The van der Waals surface area contributed by atoms with Crippen LogP contribution in [0.2, 0.25) is 0 Å². The Hall–Kier alpha value is -1.18. The first-order chi connectivity index (χ1) is 8.09. The molecule has 2 heteroatoms. The maximum absolute atomic E-state index is 6.10. The van der Waals surface area contributed by atoms with Gasteiger partial charge in [0.15, 0.2) is 0 Å². The molecule has 0 heterocycles. The van der Waals surface area contributed by atoms with E-state index in [9.17, 15) is 0 Å². The second-order valence-corrected chi connectivity index (χ2v) is 5.50. The number of rotatable bonds is 2. The minimum Gasteiger partial charge on any atom is -0.397 e. The van der Waals surface area contributed by atoms with E-state index in [0.717, 1.165) is 11.6 Å². The van der Waals surface area contributed by atoms with Crippen LogP contribution in [0.1, 0.15) is 38.2 Å². The van der Waals surface area contributed by atoms with Crippen LogP contribution in [0.3, 0.4) is 0 Å². The molecule has 2 unspecified atom stereocenters. The number of hydrogen-bond acceptors (Lipinski definition) is 2. The van der Waals surface area contributed by atoms with Crippen LogP contribution in [0, 0.1) is 12.8 Å². The summed E-state index contributed by atoms with van der Waals surface area (Å²) in [4.78, 5) is 2.40. The Balaban J connectivity index is 2.23. The minimum absolute atomic E-state index is 0.646. The van der Waals surface area contributed by atoms with Gasteiger partial charge in [-0.3, -0.25) is 0 Å². The van der Waals surface area contributed by atoms with Crippen molar-refractivity contribution in [3.63, 3.8) is 0 Å². The van der Waals surface area contributed by atoms with Crippen LogP contribution >= 0.6 is 0 Å². The van der Waals surface area contributed by atoms with E-state index < -0.39 is 0 Å². The second kappa shape index (κ2) is 4.99. The third kappa shape index (κ3) is 2.56. The monoisotopic (exact) mass is 232 g/mol. The number of benzene rings is 1. The Labute approximate surface area is 105 Å². The van der Waals surface area contributed by atoms with Crippen molar-refractivity contribution in [1.29, 1.82) is 0 Å². The molecule has 1 aromatic rings. The van der Waals surface area contributed by atoms with Gasteiger partial charge in [-0.2, -0.15) is 0 Å². The normalized spacial score (nSPS) is 24.6. The van der Waals surface area contributed by atoms with Gasteiger partial charge in [0.1, 0.15) is 0 Å². The molecule has 1 aliphatic carbocycles. The molecule has 2 rings (SSSR count). The van der Waals surface area contributed by atoms with E-state index in [1.807, 2.05) is 6.07 Å². The van der Waals surface area contributed by atoms with Crippen molar-refractivity contribution >= 4 is 11.4 Å². The van der Waals surface area contributed by atoms with Crippen LogP contribution in [0.25, 0.3) is 0 Å². The molecule has 2 N–H and O–H groups in total. The Morgan fingerprint density at radius 1 is 1.24 bits per heavy atom. The molecular weight excluding hydrogens is 208 g/mol. The van der Waals surface area contributed by atoms with Crippen LogP contribution in [0.15, 0.2) is 18.2 Å². The average Bonchev–Trinajstić information content (AvgIpc) is 2.32. The summed E-state index contributed by atoms with van der Waals surface area (Å²) >= 11 is 0. The third-order valence-electron chi connectivity index (χ3n) is 4.13. The van der Waals surface area contributed by atoms with Crippen molar-refractivity contribution in [2.24, 2.45) is 5.92 Å². The fraction of sp³-hybridized carbons (Fsp3) is 0.600. The van der Waals surface area contributed by atoms with Gasteiger partial charge in [0.2, 0.25) is 0 Å². The first kappa shape index (κ1) is 12.3. The Morgan fingerprint density at radius 3 is 2.65 bits per heavy atom. The SMILES string of the molecule is Cc1ccc(N)c(N(C)C2CCCCC2C)c1. The van der Waals surface area contributed by atoms with Crippen molar-refractivity contribution in [2.45, 2.75) is 45.6 Å². The molecule has 1 fully saturated rings. The fourth-order valence-corrected chi connectivity index (χ4v) is 3.01. The standard InChI is InChI=1S/C15H24N2/c1-11-8-9-13(16)15(10-11)17(3)14-7-5-4-6-12(14)2/h8-10,12,14H,4-7,16H2,1-3H3. The highest BCUT2D eigenvalue weighted by molar-refractivity contribution is 5.68. The lowest BCUT2D eigenvalue weighted by atomic mass is 9.85. The lowest BCUT2D eigenvalue weighted by Crippen LogP contribution is -2.39. The zero-order valence-electron chi connectivity index (χ0n) is 11.2. The van der Waals surface area contributed by atoms with Crippen LogP contribution < -0.4 is 10.6 Å². The zero-order chi connectivity index (χ0) is 12.4. The molecule has 1 aliphatic rings. The number of anilines is 2. The van der Waals surface area contributed by atoms with Crippen molar-refractivity contribution in [3.05, 3.63) is 23.8 Å². The number of nitrogens with two attached hydrogens (primary N) is 1. The van der Waals surface area contributed by atoms with Crippen LogP contribution in [-0.4, -0.2) is 13.1 Å². The Bertz CT molecular complexity index is 387. The molecule has 0 aromatic heterocycles. The molecule has 0 bridgehead atoms. The van der Waals surface area contributed by atoms with Gasteiger partial charge in [-0.25, -0.2) is 0 Å². The number of nitrogens with zero attached hydrogens (tertiary/aromatic N) is 1. The van der Waals surface area contributed by atoms with Gasteiger partial charge in [0, 0.05) is 13.1 Å². The summed E-state index contributed by atoms with van der Waals surface area (Å²) in [5.74, 6) is 0.772. The van der Waals surface area contributed by atoms with Gasteiger partial charge in [-0.15, -0.1) is 0 Å². The molecule has 0 saturated heterocycles. The lowest BCUT2D eigenvalue weighted by Gasteiger charge is -2.38. The summed E-state index contributed by atoms with van der Waals surface area (Å²) in [6, 6.07) is 6.95. The van der Waals surface area contributed by atoms with E-state index in [1.165, 1.54) is 36.9 Å². The molecule has 2 nitrogen and oxygen atoms in total. The average molecular weight is 232 g/mol. The van der Waals surface area contributed by atoms with Crippen LogP contribution in [0.4, 0.5) is 11.4 Å². The van der Waals surface area contributed by atoms with Gasteiger partial charge in [-0.05, 0) is 43.4 Å². The maximum Gasteiger partial charge on any atom is 0.0602 e. The molecule has 0 aliphatic heterocycles. The van der Waals surface area contributed by atoms with Gasteiger partial charge in [0.05, 0.1) is 11.4 Å². The number of hydrogen-bond donors (Lipinski definition) is 1. The third-order valence-corrected chi connectivity index (χ3v) is 4.13. The summed E-state index contributed by atoms with van der Waals surface area (Å²) in [5, 5.41) is 0. The second-order valence-electron chi connectivity index (χ2n) is 5.50. The highest BCUT2D eigenvalue weighted by atomic mass is 15.1. The van der Waals surface area contributed by atoms with E-state index >= 15 is 0 Å². The molecular formula is C15H24N2. The smallest absolute Gasteiger partial charge is 0.0602 e. The fourth-order valence-electron chi connectivity index (χ4n) is 3.01. The molecule has 1 aromatic carbocycles. The van der Waals surface area contributed by atoms with E-state index in [0.29, 0.717) is 6.04 Å². The highest BCUT2D eigenvalue weighted by Crippen LogP contribution is 2.33. The van der Waals surface area contributed by atoms with E-state index in [2.05, 4.69) is 37.9 Å². The lowest BCUT2D eigenvalue weighted by molar-refractivity contribution is 0.322. The summed E-state index contributed by atoms with van der Waals surface area (Å²) < 4.78 is 0. The molecule has 94 valence electrons. The topological polar surface area (TPSA) is 29.3 Å². The molecule has 0 spiro atoms. The molecule has 1 saturated carbocycles. The van der Waals surface area contributed by atoms with Crippen molar-refractivity contribution < 1.29 is 0 Å². The summed E-state index contributed by atoms with van der Waals surface area (Å²) in [6.07, 6.45) is 5.38. The van der Waals surface area contributed by atoms with Crippen molar-refractivity contribution in [2.75, 3.05) is 17.7 Å². The minimum atomic E-state index is 0.646. The number of aryl methyl sites for hydroxylation is 1. The molecule has 17 heavy (non-hydrogen) atoms.